The molecule has 20 heavy (non-hydrogen) atoms. The molecule has 3 N–H and O–H groups in total. The van der Waals surface area contributed by atoms with Crippen molar-refractivity contribution in [3.05, 3.63) is 34.3 Å². The molecule has 1 unspecified atom stereocenters. The largest absolute Gasteiger partial charge is 0.479 e. The minimum absolute atomic E-state index is 0.00730. The highest BCUT2D eigenvalue weighted by Gasteiger charge is 2.43. The van der Waals surface area contributed by atoms with Gasteiger partial charge in [0.05, 0.1) is 6.61 Å². The van der Waals surface area contributed by atoms with Gasteiger partial charge in [0.2, 0.25) is 0 Å². The maximum Gasteiger partial charge on any atom is 0.332 e. The quantitative estimate of drug-likeness (QED) is 0.773. The van der Waals surface area contributed by atoms with Gasteiger partial charge in [-0.2, -0.15) is 0 Å². The molecule has 0 radical (unpaired) electrons. The highest BCUT2D eigenvalue weighted by Crippen LogP contribution is 2.18. The molecule has 0 saturated carbocycles. The van der Waals surface area contributed by atoms with Crippen LogP contribution in [-0.2, 0) is 16.1 Å². The van der Waals surface area contributed by atoms with E-state index < -0.39 is 17.5 Å². The third-order valence-corrected chi connectivity index (χ3v) is 3.62. The minimum Gasteiger partial charge on any atom is -0.479 e. The number of hydrogen-bond donors (Lipinski definition) is 3. The fourth-order valence-corrected chi connectivity index (χ4v) is 2.42. The number of urea groups is 1. The lowest BCUT2D eigenvalue weighted by Gasteiger charge is -2.23. The van der Waals surface area contributed by atoms with Gasteiger partial charge in [0.15, 0.2) is 5.54 Å². The summed E-state index contributed by atoms with van der Waals surface area (Å²) in [5.74, 6) is -1.08. The van der Waals surface area contributed by atoms with Crippen LogP contribution >= 0.6 is 15.9 Å². The van der Waals surface area contributed by atoms with Crippen molar-refractivity contribution in [2.75, 3.05) is 13.2 Å². The van der Waals surface area contributed by atoms with Gasteiger partial charge < -0.3 is 20.5 Å². The number of amides is 2. The van der Waals surface area contributed by atoms with Gasteiger partial charge in [-0.3, -0.25) is 0 Å². The molecule has 0 aromatic heterocycles. The topological polar surface area (TPSA) is 87.7 Å². The Bertz CT molecular complexity index is 515. The monoisotopic (exact) mass is 342 g/mol. The van der Waals surface area contributed by atoms with E-state index in [2.05, 4.69) is 26.6 Å². The fraction of sp³-hybridized carbons (Fsp3) is 0.385. The van der Waals surface area contributed by atoms with E-state index in [-0.39, 0.29) is 13.0 Å². The molecular weight excluding hydrogens is 328 g/mol. The van der Waals surface area contributed by atoms with Gasteiger partial charge in [-0.15, -0.1) is 0 Å². The van der Waals surface area contributed by atoms with Gasteiger partial charge in [-0.25, -0.2) is 9.59 Å². The number of ether oxygens (including phenoxy) is 1. The molecule has 1 aromatic rings. The van der Waals surface area contributed by atoms with E-state index in [1.54, 1.807) is 0 Å². The summed E-state index contributed by atoms with van der Waals surface area (Å²) in [6.07, 6.45) is 0.270. The van der Waals surface area contributed by atoms with Crippen LogP contribution in [0.25, 0.3) is 0 Å². The number of rotatable bonds is 4. The van der Waals surface area contributed by atoms with Gasteiger partial charge in [0, 0.05) is 24.0 Å². The highest BCUT2D eigenvalue weighted by molar-refractivity contribution is 9.10. The third-order valence-electron chi connectivity index (χ3n) is 3.13. The summed E-state index contributed by atoms with van der Waals surface area (Å²) in [5.41, 5.74) is -0.400. The van der Waals surface area contributed by atoms with E-state index in [4.69, 9.17) is 4.74 Å². The van der Waals surface area contributed by atoms with E-state index in [1.165, 1.54) is 0 Å². The summed E-state index contributed by atoms with van der Waals surface area (Å²) >= 11 is 3.35. The normalized spacial score (nSPS) is 21.4. The van der Waals surface area contributed by atoms with Crippen LogP contribution in [0.5, 0.6) is 0 Å². The van der Waals surface area contributed by atoms with Crippen molar-refractivity contribution in [1.82, 2.24) is 10.6 Å². The summed E-state index contributed by atoms with van der Waals surface area (Å²) in [6, 6.07) is 6.99. The van der Waals surface area contributed by atoms with Crippen LogP contribution < -0.4 is 10.6 Å². The fourth-order valence-electron chi connectivity index (χ4n) is 1.98. The Hall–Kier alpha value is -1.60. The Balaban J connectivity index is 1.90. The molecule has 1 atom stereocenters. The van der Waals surface area contributed by atoms with Gasteiger partial charge in [-0.05, 0) is 17.7 Å². The number of carboxylic acid groups (broad SMARTS) is 1. The lowest BCUT2D eigenvalue weighted by molar-refractivity contribution is -0.144. The standard InChI is InChI=1S/C13H15BrN2O4/c14-10-3-1-2-9(6-10)7-15-12(19)16-13(11(17)18)4-5-20-8-13/h1-3,6H,4-5,7-8H2,(H,17,18)(H2,15,16,19). The average molecular weight is 343 g/mol. The molecule has 1 fully saturated rings. The van der Waals surface area contributed by atoms with Crippen molar-refractivity contribution in [3.8, 4) is 0 Å². The van der Waals surface area contributed by atoms with Crippen molar-refractivity contribution in [1.29, 1.82) is 0 Å². The van der Waals surface area contributed by atoms with Gasteiger partial charge >= 0.3 is 12.0 Å². The third kappa shape index (κ3) is 3.49. The molecule has 7 heteroatoms. The Morgan fingerprint density at radius 1 is 1.45 bits per heavy atom. The molecule has 0 spiro atoms. The lowest BCUT2D eigenvalue weighted by atomic mass is 9.99. The van der Waals surface area contributed by atoms with Crippen LogP contribution in [0.1, 0.15) is 12.0 Å². The molecular formula is C13H15BrN2O4. The van der Waals surface area contributed by atoms with Crippen LogP contribution in [0.4, 0.5) is 4.79 Å². The van der Waals surface area contributed by atoms with Crippen molar-refractivity contribution in [2.24, 2.45) is 0 Å². The second-order valence-electron chi connectivity index (χ2n) is 4.63. The first-order chi connectivity index (χ1) is 9.52. The van der Waals surface area contributed by atoms with Crippen LogP contribution in [0, 0.1) is 0 Å². The molecule has 0 aliphatic carbocycles. The van der Waals surface area contributed by atoms with Crippen LogP contribution in [0.3, 0.4) is 0 Å². The summed E-state index contributed by atoms with van der Waals surface area (Å²) in [5, 5.41) is 14.3. The van der Waals surface area contributed by atoms with Crippen molar-refractivity contribution < 1.29 is 19.4 Å². The molecule has 1 aliphatic rings. The number of carboxylic acids is 1. The van der Waals surface area contributed by atoms with Crippen LogP contribution in [-0.4, -0.2) is 35.9 Å². The molecule has 1 aromatic carbocycles. The predicted molar refractivity (Wildman–Crippen MR) is 75.3 cm³/mol. The average Bonchev–Trinajstić information content (AvgIpc) is 2.86. The van der Waals surface area contributed by atoms with Crippen LogP contribution in [0.15, 0.2) is 28.7 Å². The van der Waals surface area contributed by atoms with Crippen molar-refractivity contribution in [3.63, 3.8) is 0 Å². The second-order valence-corrected chi connectivity index (χ2v) is 5.54. The first-order valence-electron chi connectivity index (χ1n) is 6.13. The van der Waals surface area contributed by atoms with E-state index in [1.807, 2.05) is 24.3 Å². The van der Waals surface area contributed by atoms with E-state index >= 15 is 0 Å². The first-order valence-corrected chi connectivity index (χ1v) is 6.93. The molecule has 1 saturated heterocycles. The zero-order valence-electron chi connectivity index (χ0n) is 10.7. The molecule has 2 amide bonds. The molecule has 1 aliphatic heterocycles. The number of carbonyl (C=O) groups is 2. The summed E-state index contributed by atoms with van der Waals surface area (Å²) in [4.78, 5) is 23.1. The van der Waals surface area contributed by atoms with Crippen LogP contribution in [0.2, 0.25) is 0 Å². The molecule has 108 valence electrons. The maximum atomic E-state index is 11.8. The number of nitrogens with one attached hydrogen (secondary N) is 2. The van der Waals surface area contributed by atoms with Crippen molar-refractivity contribution >= 4 is 27.9 Å². The SMILES string of the molecule is O=C(NCc1cccc(Br)c1)NC1(C(=O)O)CCOC1. The van der Waals surface area contributed by atoms with Gasteiger partial charge in [-0.1, -0.05) is 28.1 Å². The molecule has 2 rings (SSSR count). The van der Waals surface area contributed by atoms with E-state index in [0.717, 1.165) is 10.0 Å². The Morgan fingerprint density at radius 2 is 2.25 bits per heavy atom. The highest BCUT2D eigenvalue weighted by atomic mass is 79.9. The minimum atomic E-state index is -1.32. The second kappa shape index (κ2) is 6.23. The summed E-state index contributed by atoms with van der Waals surface area (Å²) in [6.45, 7) is 0.646. The number of aliphatic carboxylic acids is 1. The smallest absolute Gasteiger partial charge is 0.332 e. The molecule has 0 bridgehead atoms. The Labute approximate surface area is 124 Å². The predicted octanol–water partition coefficient (Wildman–Crippen LogP) is 1.49. The molecule has 1 heterocycles. The summed E-state index contributed by atoms with van der Waals surface area (Å²) < 4.78 is 5.99. The van der Waals surface area contributed by atoms with Gasteiger partial charge in [0.1, 0.15) is 0 Å². The Morgan fingerprint density at radius 3 is 2.85 bits per heavy atom. The lowest BCUT2D eigenvalue weighted by Crippen LogP contribution is -2.57. The zero-order chi connectivity index (χ0) is 14.6. The maximum absolute atomic E-state index is 11.8. The van der Waals surface area contributed by atoms with E-state index in [9.17, 15) is 14.7 Å². The first kappa shape index (κ1) is 14.8. The number of hydrogen-bond acceptors (Lipinski definition) is 3. The molecule has 6 nitrogen and oxygen atoms in total. The number of halogens is 1. The number of benzene rings is 1. The zero-order valence-corrected chi connectivity index (χ0v) is 12.3. The van der Waals surface area contributed by atoms with Crippen molar-refractivity contribution in [2.45, 2.75) is 18.5 Å². The number of carbonyl (C=O) groups excluding carboxylic acids is 1. The van der Waals surface area contributed by atoms with Gasteiger partial charge in [0.25, 0.3) is 0 Å². The summed E-state index contributed by atoms with van der Waals surface area (Å²) in [7, 11) is 0. The van der Waals surface area contributed by atoms with E-state index in [0.29, 0.717) is 13.2 Å². The Kier molecular flexibility index (Phi) is 4.61.